The van der Waals surface area contributed by atoms with E-state index in [1.165, 1.54) is 0 Å². The lowest BCUT2D eigenvalue weighted by Gasteiger charge is -2.35. The van der Waals surface area contributed by atoms with E-state index in [0.717, 1.165) is 38.8 Å². The number of aryl methyl sites for hydroxylation is 1. The summed E-state index contributed by atoms with van der Waals surface area (Å²) in [6, 6.07) is 1.74. The van der Waals surface area contributed by atoms with Gasteiger partial charge in [0.1, 0.15) is 0 Å². The molecule has 8 heteroatoms. The monoisotopic (exact) mass is 342 g/mol. The Morgan fingerprint density at radius 1 is 1.20 bits per heavy atom. The summed E-state index contributed by atoms with van der Waals surface area (Å²) in [5.41, 5.74) is 0. The minimum Gasteiger partial charge on any atom is -0.340 e. The van der Waals surface area contributed by atoms with Crippen LogP contribution in [0.15, 0.2) is 23.0 Å². The van der Waals surface area contributed by atoms with E-state index in [4.69, 9.17) is 4.52 Å². The van der Waals surface area contributed by atoms with Gasteiger partial charge in [-0.05, 0) is 31.7 Å². The number of carbonyl (C=O) groups is 1. The third-order valence-electron chi connectivity index (χ3n) is 4.98. The number of hydrogen-bond acceptors (Lipinski definition) is 7. The number of amides is 1. The van der Waals surface area contributed by atoms with Gasteiger partial charge in [-0.25, -0.2) is 9.97 Å². The van der Waals surface area contributed by atoms with Gasteiger partial charge in [-0.1, -0.05) is 5.16 Å². The Bertz CT molecular complexity index is 734. The smallest absolute Gasteiger partial charge is 0.228 e. The summed E-state index contributed by atoms with van der Waals surface area (Å²) in [5, 5.41) is 4.03. The second-order valence-electron chi connectivity index (χ2n) is 6.70. The molecule has 0 saturated carbocycles. The highest BCUT2D eigenvalue weighted by atomic mass is 16.5. The fraction of sp³-hybridized carbons (Fsp3) is 0.588. The van der Waals surface area contributed by atoms with Crippen LogP contribution in [0.2, 0.25) is 0 Å². The molecule has 0 aromatic carbocycles. The molecule has 132 valence electrons. The van der Waals surface area contributed by atoms with Crippen molar-refractivity contribution >= 4 is 11.9 Å². The minimum atomic E-state index is -0.0618. The van der Waals surface area contributed by atoms with Gasteiger partial charge in [-0.2, -0.15) is 4.98 Å². The van der Waals surface area contributed by atoms with Crippen molar-refractivity contribution < 1.29 is 9.32 Å². The molecule has 2 atom stereocenters. The molecule has 0 bridgehead atoms. The van der Waals surface area contributed by atoms with E-state index in [0.29, 0.717) is 24.2 Å². The van der Waals surface area contributed by atoms with Crippen LogP contribution in [-0.2, 0) is 4.79 Å². The van der Waals surface area contributed by atoms with Crippen molar-refractivity contribution in [1.29, 1.82) is 0 Å². The van der Waals surface area contributed by atoms with Crippen molar-refractivity contribution in [2.24, 2.45) is 5.92 Å². The average molecular weight is 342 g/mol. The van der Waals surface area contributed by atoms with Crippen molar-refractivity contribution in [2.75, 3.05) is 24.5 Å². The summed E-state index contributed by atoms with van der Waals surface area (Å²) >= 11 is 0. The Kier molecular flexibility index (Phi) is 4.33. The number of anilines is 1. The molecular formula is C17H22N6O2. The van der Waals surface area contributed by atoms with E-state index in [9.17, 15) is 4.79 Å². The zero-order chi connectivity index (χ0) is 17.2. The van der Waals surface area contributed by atoms with Crippen molar-refractivity contribution in [2.45, 2.75) is 38.6 Å². The van der Waals surface area contributed by atoms with Crippen molar-refractivity contribution in [1.82, 2.24) is 25.0 Å². The first-order valence-corrected chi connectivity index (χ1v) is 8.85. The van der Waals surface area contributed by atoms with Gasteiger partial charge in [0.25, 0.3) is 0 Å². The normalized spacial score (nSPS) is 23.9. The highest BCUT2D eigenvalue weighted by molar-refractivity contribution is 5.80. The number of hydrogen-bond donors (Lipinski definition) is 0. The maximum atomic E-state index is 13.1. The summed E-state index contributed by atoms with van der Waals surface area (Å²) in [6.45, 7) is 4.09. The molecule has 0 spiro atoms. The molecule has 2 aliphatic heterocycles. The predicted octanol–water partition coefficient (Wildman–Crippen LogP) is 1.75. The van der Waals surface area contributed by atoms with E-state index in [-0.39, 0.29) is 17.9 Å². The third kappa shape index (κ3) is 3.20. The lowest BCUT2D eigenvalue weighted by molar-refractivity contribution is -0.137. The first-order chi connectivity index (χ1) is 12.2. The molecule has 0 unspecified atom stereocenters. The SMILES string of the molecule is Cc1nc([C@@H]2CCCN2C(=O)[C@H]2CCCN(c3ncccn3)C2)no1. The summed E-state index contributed by atoms with van der Waals surface area (Å²) in [7, 11) is 0. The van der Waals surface area contributed by atoms with Crippen LogP contribution in [0.5, 0.6) is 0 Å². The van der Waals surface area contributed by atoms with Gasteiger partial charge in [0, 0.05) is 39.0 Å². The Morgan fingerprint density at radius 2 is 2.00 bits per heavy atom. The van der Waals surface area contributed by atoms with Gasteiger partial charge < -0.3 is 14.3 Å². The van der Waals surface area contributed by atoms with Crippen LogP contribution in [0, 0.1) is 12.8 Å². The fourth-order valence-electron chi connectivity index (χ4n) is 3.80. The van der Waals surface area contributed by atoms with Crippen molar-refractivity contribution in [3.05, 3.63) is 30.2 Å². The van der Waals surface area contributed by atoms with E-state index in [2.05, 4.69) is 25.0 Å². The fourth-order valence-corrected chi connectivity index (χ4v) is 3.80. The lowest BCUT2D eigenvalue weighted by atomic mass is 9.96. The van der Waals surface area contributed by atoms with E-state index < -0.39 is 0 Å². The van der Waals surface area contributed by atoms with Crippen LogP contribution in [-0.4, -0.2) is 50.5 Å². The molecule has 0 N–H and O–H groups in total. The van der Waals surface area contributed by atoms with Crippen molar-refractivity contribution in [3.8, 4) is 0 Å². The maximum Gasteiger partial charge on any atom is 0.228 e. The summed E-state index contributed by atoms with van der Waals surface area (Å²) in [6.07, 6.45) is 7.21. The number of likely N-dealkylation sites (tertiary alicyclic amines) is 1. The van der Waals surface area contributed by atoms with Crippen LogP contribution in [0.1, 0.15) is 43.4 Å². The Balaban J connectivity index is 1.48. The first-order valence-electron chi connectivity index (χ1n) is 8.85. The second kappa shape index (κ2) is 6.78. The van der Waals surface area contributed by atoms with Gasteiger partial charge in [-0.3, -0.25) is 4.79 Å². The largest absolute Gasteiger partial charge is 0.340 e. The number of rotatable bonds is 3. The van der Waals surface area contributed by atoms with Gasteiger partial charge >= 0.3 is 0 Å². The number of aromatic nitrogens is 4. The zero-order valence-electron chi connectivity index (χ0n) is 14.3. The van der Waals surface area contributed by atoms with Crippen LogP contribution >= 0.6 is 0 Å². The molecule has 2 aliphatic rings. The number of piperidine rings is 1. The predicted molar refractivity (Wildman–Crippen MR) is 89.7 cm³/mol. The molecule has 1 amide bonds. The molecule has 0 aliphatic carbocycles. The Labute approximate surface area is 146 Å². The molecule has 0 radical (unpaired) electrons. The van der Waals surface area contributed by atoms with E-state index >= 15 is 0 Å². The number of carbonyl (C=O) groups excluding carboxylic acids is 1. The molecule has 2 aromatic rings. The van der Waals surface area contributed by atoms with E-state index in [1.54, 1.807) is 25.4 Å². The molecule has 2 saturated heterocycles. The van der Waals surface area contributed by atoms with Crippen LogP contribution in [0.4, 0.5) is 5.95 Å². The summed E-state index contributed by atoms with van der Waals surface area (Å²) in [4.78, 5) is 30.1. The van der Waals surface area contributed by atoms with Gasteiger partial charge in [0.2, 0.25) is 17.7 Å². The molecular weight excluding hydrogens is 320 g/mol. The van der Waals surface area contributed by atoms with Crippen molar-refractivity contribution in [3.63, 3.8) is 0 Å². The number of nitrogens with zero attached hydrogens (tertiary/aromatic N) is 6. The minimum absolute atomic E-state index is 0.0360. The second-order valence-corrected chi connectivity index (χ2v) is 6.70. The van der Waals surface area contributed by atoms with E-state index in [1.807, 2.05) is 4.90 Å². The molecule has 2 aromatic heterocycles. The topological polar surface area (TPSA) is 88.3 Å². The van der Waals surface area contributed by atoms with Gasteiger partial charge in [0.15, 0.2) is 5.82 Å². The lowest BCUT2D eigenvalue weighted by Crippen LogP contribution is -2.45. The maximum absolute atomic E-state index is 13.1. The quantitative estimate of drug-likeness (QED) is 0.839. The van der Waals surface area contributed by atoms with Crippen LogP contribution in [0.25, 0.3) is 0 Å². The summed E-state index contributed by atoms with van der Waals surface area (Å²) in [5.74, 6) is 2.02. The molecule has 4 rings (SSSR count). The van der Waals surface area contributed by atoms with Gasteiger partial charge in [-0.15, -0.1) is 0 Å². The van der Waals surface area contributed by atoms with Crippen LogP contribution in [0.3, 0.4) is 0 Å². The van der Waals surface area contributed by atoms with Gasteiger partial charge in [0.05, 0.1) is 12.0 Å². The first kappa shape index (κ1) is 16.0. The highest BCUT2D eigenvalue weighted by Gasteiger charge is 2.38. The third-order valence-corrected chi connectivity index (χ3v) is 4.98. The highest BCUT2D eigenvalue weighted by Crippen LogP contribution is 2.33. The molecule has 4 heterocycles. The molecule has 25 heavy (non-hydrogen) atoms. The molecule has 8 nitrogen and oxygen atoms in total. The Hall–Kier alpha value is -2.51. The standard InChI is InChI=1S/C17H22N6O2/c1-12-20-15(21-25-12)14-6-3-10-23(14)16(24)13-5-2-9-22(11-13)17-18-7-4-8-19-17/h4,7-8,13-14H,2-3,5-6,9-11H2,1H3/t13-,14-/m0/s1. The Morgan fingerprint density at radius 3 is 2.76 bits per heavy atom. The zero-order valence-corrected chi connectivity index (χ0v) is 14.3. The molecule has 2 fully saturated rings. The van der Waals surface area contributed by atoms with Crippen LogP contribution < -0.4 is 4.90 Å². The summed E-state index contributed by atoms with van der Waals surface area (Å²) < 4.78 is 5.10. The average Bonchev–Trinajstić information content (AvgIpc) is 3.30.